The Balaban J connectivity index is 1.66. The van der Waals surface area contributed by atoms with Gasteiger partial charge in [0.2, 0.25) is 0 Å². The van der Waals surface area contributed by atoms with Crippen molar-refractivity contribution in [3.05, 3.63) is 43.8 Å². The number of aromatic nitrogens is 4. The van der Waals surface area contributed by atoms with E-state index in [4.69, 9.17) is 23.2 Å². The number of carbonyl (C=O) groups is 2. The molecule has 0 spiro atoms. The van der Waals surface area contributed by atoms with Gasteiger partial charge in [-0.25, -0.2) is 4.79 Å². The number of tetrazole rings is 1. The molecular formula is C18H15Cl2N5O3. The third kappa shape index (κ3) is 3.36. The van der Waals surface area contributed by atoms with Gasteiger partial charge in [-0.3, -0.25) is 9.59 Å². The molecule has 2 aliphatic carbocycles. The third-order valence-electron chi connectivity index (χ3n) is 4.97. The molecule has 8 nitrogen and oxygen atoms in total. The maximum Gasteiger partial charge on any atom is 0.364 e. The second-order valence-corrected chi connectivity index (χ2v) is 7.87. The van der Waals surface area contributed by atoms with Crippen LogP contribution in [0.2, 0.25) is 10.0 Å². The number of hydrogen-bond acceptors (Lipinski definition) is 6. The standard InChI is InChI=1S/C18H15Cl2N5O3/c19-14-6-5-11(17(27)12(7-21)16(26)9-1-2-9)15(20)13(14)8-24-18(28)25(23-22-24)10-3-4-10/h5-6,9-10,12H,1-4,8H2. The fourth-order valence-corrected chi connectivity index (χ4v) is 3.61. The van der Waals surface area contributed by atoms with Crippen molar-refractivity contribution < 1.29 is 9.59 Å². The largest absolute Gasteiger partial charge is 0.364 e. The van der Waals surface area contributed by atoms with Gasteiger partial charge in [-0.15, -0.1) is 0 Å². The number of ketones is 2. The van der Waals surface area contributed by atoms with Gasteiger partial charge in [0.25, 0.3) is 0 Å². The molecule has 28 heavy (non-hydrogen) atoms. The van der Waals surface area contributed by atoms with Gasteiger partial charge in [-0.05, 0) is 48.2 Å². The number of rotatable bonds is 7. The highest BCUT2D eigenvalue weighted by Crippen LogP contribution is 2.35. The fourth-order valence-electron chi connectivity index (χ4n) is 3.03. The van der Waals surface area contributed by atoms with E-state index >= 15 is 0 Å². The molecule has 0 amide bonds. The Morgan fingerprint density at radius 3 is 2.54 bits per heavy atom. The van der Waals surface area contributed by atoms with Crippen LogP contribution in [0, 0.1) is 23.2 Å². The van der Waals surface area contributed by atoms with E-state index in [1.54, 1.807) is 6.07 Å². The Morgan fingerprint density at radius 2 is 1.93 bits per heavy atom. The Bertz CT molecular complexity index is 1080. The van der Waals surface area contributed by atoms with E-state index in [1.807, 2.05) is 0 Å². The smallest absolute Gasteiger partial charge is 0.297 e. The lowest BCUT2D eigenvalue weighted by Crippen LogP contribution is -2.26. The molecule has 0 bridgehead atoms. The average Bonchev–Trinajstić information content (AvgIpc) is 3.58. The molecule has 0 radical (unpaired) electrons. The van der Waals surface area contributed by atoms with E-state index in [-0.39, 0.29) is 45.6 Å². The molecular weight excluding hydrogens is 405 g/mol. The highest BCUT2D eigenvalue weighted by atomic mass is 35.5. The number of nitrogens with zero attached hydrogens (tertiary/aromatic N) is 5. The highest BCUT2D eigenvalue weighted by Gasteiger charge is 2.39. The van der Waals surface area contributed by atoms with Gasteiger partial charge < -0.3 is 0 Å². The topological polar surface area (TPSA) is 111 Å². The van der Waals surface area contributed by atoms with Crippen LogP contribution in [0.3, 0.4) is 0 Å². The first-order valence-corrected chi connectivity index (χ1v) is 9.64. The normalized spacial score (nSPS) is 17.2. The molecule has 2 saturated carbocycles. The Morgan fingerprint density at radius 1 is 1.21 bits per heavy atom. The van der Waals surface area contributed by atoms with Crippen molar-refractivity contribution in [2.24, 2.45) is 11.8 Å². The Hall–Kier alpha value is -2.50. The van der Waals surface area contributed by atoms with E-state index in [1.165, 1.54) is 16.8 Å². The molecule has 1 unspecified atom stereocenters. The number of benzene rings is 1. The Labute approximate surface area is 169 Å². The van der Waals surface area contributed by atoms with E-state index in [9.17, 15) is 19.6 Å². The van der Waals surface area contributed by atoms with Crippen LogP contribution in [-0.2, 0) is 11.3 Å². The summed E-state index contributed by atoms with van der Waals surface area (Å²) in [6.45, 7) is -0.0713. The van der Waals surface area contributed by atoms with E-state index in [2.05, 4.69) is 10.4 Å². The zero-order valence-electron chi connectivity index (χ0n) is 14.6. The second kappa shape index (κ2) is 7.15. The van der Waals surface area contributed by atoms with E-state index in [0.717, 1.165) is 17.5 Å². The zero-order chi connectivity index (χ0) is 20.0. The lowest BCUT2D eigenvalue weighted by atomic mass is 9.91. The van der Waals surface area contributed by atoms with Gasteiger partial charge in [0.15, 0.2) is 17.5 Å². The summed E-state index contributed by atoms with van der Waals surface area (Å²) in [5.74, 6) is -2.65. The molecule has 2 aliphatic rings. The summed E-state index contributed by atoms with van der Waals surface area (Å²) < 4.78 is 2.44. The van der Waals surface area contributed by atoms with Crippen LogP contribution in [0.25, 0.3) is 0 Å². The minimum atomic E-state index is -1.39. The number of nitriles is 1. The van der Waals surface area contributed by atoms with Crippen LogP contribution in [0.4, 0.5) is 0 Å². The van der Waals surface area contributed by atoms with Crippen molar-refractivity contribution in [1.82, 2.24) is 19.8 Å². The Kier molecular flexibility index (Phi) is 4.81. The van der Waals surface area contributed by atoms with Crippen LogP contribution >= 0.6 is 23.2 Å². The minimum absolute atomic E-state index is 0.00854. The first-order valence-electron chi connectivity index (χ1n) is 8.89. The van der Waals surface area contributed by atoms with Crippen molar-refractivity contribution in [2.45, 2.75) is 38.3 Å². The first kappa shape index (κ1) is 18.8. The summed E-state index contributed by atoms with van der Waals surface area (Å²) in [6, 6.07) is 4.72. The van der Waals surface area contributed by atoms with Gasteiger partial charge in [0.05, 0.1) is 23.7 Å². The number of halogens is 2. The molecule has 1 aromatic heterocycles. The van der Waals surface area contributed by atoms with Crippen molar-refractivity contribution in [3.63, 3.8) is 0 Å². The molecule has 10 heteroatoms. The predicted octanol–water partition coefficient (Wildman–Crippen LogP) is 2.43. The maximum absolute atomic E-state index is 12.8. The van der Waals surface area contributed by atoms with Gasteiger partial charge >= 0.3 is 5.69 Å². The number of hydrogen-bond donors (Lipinski definition) is 0. The van der Waals surface area contributed by atoms with Gasteiger partial charge in [-0.1, -0.05) is 23.2 Å². The summed E-state index contributed by atoms with van der Waals surface area (Å²) in [5, 5.41) is 17.3. The minimum Gasteiger partial charge on any atom is -0.297 e. The fraction of sp³-hybridized carbons (Fsp3) is 0.444. The number of Topliss-reactive ketones (excluding diaryl/α,β-unsaturated/α-hetero) is 2. The van der Waals surface area contributed by atoms with Gasteiger partial charge in [-0.2, -0.15) is 14.6 Å². The molecule has 2 aromatic rings. The SMILES string of the molecule is N#CC(C(=O)c1ccc(Cl)c(Cn2nnn(C3CC3)c2=O)c1Cl)C(=O)C1CC1. The summed E-state index contributed by atoms with van der Waals surface area (Å²) >= 11 is 12.6. The molecule has 4 rings (SSSR count). The molecule has 2 fully saturated rings. The van der Waals surface area contributed by atoms with Crippen molar-refractivity contribution in [3.8, 4) is 6.07 Å². The molecule has 0 N–H and O–H groups in total. The molecule has 0 aliphatic heterocycles. The van der Waals surface area contributed by atoms with E-state index < -0.39 is 11.7 Å². The predicted molar refractivity (Wildman–Crippen MR) is 99.3 cm³/mol. The second-order valence-electron chi connectivity index (χ2n) is 7.09. The summed E-state index contributed by atoms with van der Waals surface area (Å²) in [5.41, 5.74) is -0.0379. The van der Waals surface area contributed by atoms with Crippen LogP contribution in [0.15, 0.2) is 16.9 Å². The van der Waals surface area contributed by atoms with Crippen LogP contribution in [0.5, 0.6) is 0 Å². The van der Waals surface area contributed by atoms with Crippen molar-refractivity contribution >= 4 is 34.8 Å². The van der Waals surface area contributed by atoms with Crippen molar-refractivity contribution in [2.75, 3.05) is 0 Å². The third-order valence-corrected chi connectivity index (χ3v) is 5.75. The molecule has 1 heterocycles. The molecule has 1 atom stereocenters. The van der Waals surface area contributed by atoms with E-state index in [0.29, 0.717) is 18.4 Å². The quantitative estimate of drug-likeness (QED) is 0.503. The molecule has 144 valence electrons. The lowest BCUT2D eigenvalue weighted by Gasteiger charge is -2.12. The highest BCUT2D eigenvalue weighted by molar-refractivity contribution is 6.38. The summed E-state index contributed by atoms with van der Waals surface area (Å²) in [7, 11) is 0. The molecule has 0 saturated heterocycles. The zero-order valence-corrected chi connectivity index (χ0v) is 16.2. The van der Waals surface area contributed by atoms with Crippen molar-refractivity contribution in [1.29, 1.82) is 5.26 Å². The number of carbonyl (C=O) groups excluding carboxylic acids is 2. The van der Waals surface area contributed by atoms with Crippen LogP contribution < -0.4 is 5.69 Å². The lowest BCUT2D eigenvalue weighted by molar-refractivity contribution is -0.121. The monoisotopic (exact) mass is 419 g/mol. The maximum atomic E-state index is 12.8. The van der Waals surface area contributed by atoms with Crippen LogP contribution in [-0.4, -0.2) is 31.4 Å². The average molecular weight is 420 g/mol. The van der Waals surface area contributed by atoms with Gasteiger partial charge in [0, 0.05) is 22.1 Å². The summed E-state index contributed by atoms with van der Waals surface area (Å²) in [6.07, 6.45) is 3.16. The van der Waals surface area contributed by atoms with Gasteiger partial charge in [0.1, 0.15) is 0 Å². The summed E-state index contributed by atoms with van der Waals surface area (Å²) in [4.78, 5) is 37.4. The first-order chi connectivity index (χ1) is 13.4. The van der Waals surface area contributed by atoms with Crippen LogP contribution in [0.1, 0.15) is 47.6 Å². The molecule has 1 aromatic carbocycles.